The average molecular weight is 459 g/mol. The summed E-state index contributed by atoms with van der Waals surface area (Å²) in [7, 11) is 1.64. The highest BCUT2D eigenvalue weighted by Crippen LogP contribution is 2.30. The minimum absolute atomic E-state index is 0.00724. The van der Waals surface area contributed by atoms with Crippen LogP contribution in [0.2, 0.25) is 5.02 Å². The van der Waals surface area contributed by atoms with Crippen LogP contribution in [0.25, 0.3) is 11.3 Å². The molecule has 1 aliphatic heterocycles. The van der Waals surface area contributed by atoms with Crippen LogP contribution in [0.15, 0.2) is 53.9 Å². The van der Waals surface area contributed by atoms with E-state index in [1.165, 1.54) is 11.3 Å². The molecule has 1 aromatic heterocycles. The van der Waals surface area contributed by atoms with Crippen LogP contribution in [0.3, 0.4) is 0 Å². The molecule has 0 radical (unpaired) electrons. The van der Waals surface area contributed by atoms with Crippen LogP contribution in [0.5, 0.6) is 11.5 Å². The molecule has 0 bridgehead atoms. The monoisotopic (exact) mass is 458 g/mol. The highest BCUT2D eigenvalue weighted by molar-refractivity contribution is 7.14. The number of nitrogens with zero attached hydrogens (tertiary/aromatic N) is 2. The second kappa shape index (κ2) is 10.1. The van der Waals surface area contributed by atoms with Gasteiger partial charge in [0.15, 0.2) is 11.7 Å². The third-order valence-electron chi connectivity index (χ3n) is 5.00. The van der Waals surface area contributed by atoms with Crippen molar-refractivity contribution in [1.29, 1.82) is 0 Å². The van der Waals surface area contributed by atoms with Crippen molar-refractivity contribution in [3.63, 3.8) is 0 Å². The van der Waals surface area contributed by atoms with Gasteiger partial charge >= 0.3 is 0 Å². The van der Waals surface area contributed by atoms with Gasteiger partial charge in [0.1, 0.15) is 11.5 Å². The predicted molar refractivity (Wildman–Crippen MR) is 122 cm³/mol. The maximum absolute atomic E-state index is 13.1. The highest BCUT2D eigenvalue weighted by atomic mass is 35.5. The van der Waals surface area contributed by atoms with Crippen molar-refractivity contribution in [1.82, 2.24) is 4.98 Å². The number of methoxy groups -OCH3 is 1. The number of thiazole rings is 1. The molecule has 1 aliphatic rings. The van der Waals surface area contributed by atoms with E-state index >= 15 is 0 Å². The topological polar surface area (TPSA) is 60.9 Å². The SMILES string of the molecule is COc1ccc(-c2csc(N(C[C@@H]3CCCO3)C(=O)COc3ccc(Cl)cc3)n2)cc1. The molecular formula is C23H23ClN2O4S. The lowest BCUT2D eigenvalue weighted by atomic mass is 10.2. The Balaban J connectivity index is 1.50. The van der Waals surface area contributed by atoms with Gasteiger partial charge < -0.3 is 14.2 Å². The fourth-order valence-electron chi connectivity index (χ4n) is 3.31. The molecular weight excluding hydrogens is 436 g/mol. The third kappa shape index (κ3) is 5.55. The van der Waals surface area contributed by atoms with E-state index in [0.29, 0.717) is 22.4 Å². The number of carbonyl (C=O) groups excluding carboxylic acids is 1. The lowest BCUT2D eigenvalue weighted by Crippen LogP contribution is -2.40. The Bertz CT molecular complexity index is 1000. The molecule has 1 saturated heterocycles. The highest BCUT2D eigenvalue weighted by Gasteiger charge is 2.26. The molecule has 1 atom stereocenters. The molecule has 0 saturated carbocycles. The molecule has 1 amide bonds. The Kier molecular flexibility index (Phi) is 7.06. The second-order valence-electron chi connectivity index (χ2n) is 7.13. The van der Waals surface area contributed by atoms with Crippen molar-refractivity contribution >= 4 is 34.0 Å². The molecule has 2 heterocycles. The molecule has 6 nitrogen and oxygen atoms in total. The van der Waals surface area contributed by atoms with E-state index in [1.54, 1.807) is 36.3 Å². The van der Waals surface area contributed by atoms with Crippen LogP contribution in [0, 0.1) is 0 Å². The van der Waals surface area contributed by atoms with Gasteiger partial charge in [0, 0.05) is 22.6 Å². The molecule has 0 aliphatic carbocycles. The number of amides is 1. The van der Waals surface area contributed by atoms with Gasteiger partial charge in [-0.05, 0) is 61.4 Å². The lowest BCUT2D eigenvalue weighted by molar-refractivity contribution is -0.120. The molecule has 0 N–H and O–H groups in total. The Labute approximate surface area is 190 Å². The van der Waals surface area contributed by atoms with Gasteiger partial charge in [-0.25, -0.2) is 4.98 Å². The summed E-state index contributed by atoms with van der Waals surface area (Å²) < 4.78 is 16.7. The van der Waals surface area contributed by atoms with Crippen molar-refractivity contribution in [3.05, 3.63) is 58.9 Å². The summed E-state index contributed by atoms with van der Waals surface area (Å²) in [5.74, 6) is 1.21. The van der Waals surface area contributed by atoms with Crippen LogP contribution < -0.4 is 14.4 Å². The standard InChI is InChI=1S/C23H23ClN2O4S/c1-28-18-8-4-16(5-9-18)21-15-31-23(25-21)26(13-20-3-2-12-29-20)22(27)14-30-19-10-6-17(24)7-11-19/h4-11,15,20H,2-3,12-14H2,1H3/t20-/m0/s1. The summed E-state index contributed by atoms with van der Waals surface area (Å²) in [6.07, 6.45) is 1.94. The first-order valence-corrected chi connectivity index (χ1v) is 11.3. The zero-order chi connectivity index (χ0) is 21.6. The quantitative estimate of drug-likeness (QED) is 0.472. The number of anilines is 1. The summed E-state index contributed by atoms with van der Waals surface area (Å²) >= 11 is 7.34. The van der Waals surface area contributed by atoms with E-state index in [2.05, 4.69) is 0 Å². The predicted octanol–water partition coefficient (Wildman–Crippen LogP) is 5.06. The Hall–Kier alpha value is -2.61. The molecule has 4 rings (SSSR count). The normalized spacial score (nSPS) is 15.6. The van der Waals surface area contributed by atoms with Crippen LogP contribution in [-0.4, -0.2) is 43.9 Å². The summed E-state index contributed by atoms with van der Waals surface area (Å²) in [4.78, 5) is 19.5. The molecule has 31 heavy (non-hydrogen) atoms. The summed E-state index contributed by atoms with van der Waals surface area (Å²) in [6, 6.07) is 14.6. The average Bonchev–Trinajstić information content (AvgIpc) is 3.49. The zero-order valence-corrected chi connectivity index (χ0v) is 18.7. The van der Waals surface area contributed by atoms with E-state index in [-0.39, 0.29) is 18.6 Å². The van der Waals surface area contributed by atoms with Gasteiger partial charge in [0.05, 0.1) is 25.5 Å². The number of hydrogen-bond acceptors (Lipinski definition) is 6. The first-order chi connectivity index (χ1) is 15.1. The summed E-state index contributed by atoms with van der Waals surface area (Å²) in [5, 5.41) is 3.20. The fourth-order valence-corrected chi connectivity index (χ4v) is 4.30. The maximum Gasteiger partial charge on any atom is 0.266 e. The van der Waals surface area contributed by atoms with Gasteiger partial charge in [-0.3, -0.25) is 9.69 Å². The number of ether oxygens (including phenoxy) is 3. The number of hydrogen-bond donors (Lipinski definition) is 0. The number of carbonyl (C=O) groups is 1. The number of aromatic nitrogens is 1. The molecule has 0 unspecified atom stereocenters. The van der Waals surface area contributed by atoms with Crippen molar-refractivity contribution in [2.45, 2.75) is 18.9 Å². The molecule has 1 fully saturated rings. The maximum atomic E-state index is 13.1. The van der Waals surface area contributed by atoms with Crippen LogP contribution in [0.4, 0.5) is 5.13 Å². The van der Waals surface area contributed by atoms with E-state index in [0.717, 1.165) is 36.5 Å². The number of rotatable bonds is 8. The Morgan fingerprint density at radius 1 is 1.19 bits per heavy atom. The largest absolute Gasteiger partial charge is 0.497 e. The number of halogens is 1. The van der Waals surface area contributed by atoms with Crippen molar-refractivity contribution in [2.24, 2.45) is 0 Å². The van der Waals surface area contributed by atoms with Crippen molar-refractivity contribution in [2.75, 3.05) is 31.8 Å². The van der Waals surface area contributed by atoms with Gasteiger partial charge in [-0.2, -0.15) is 0 Å². The third-order valence-corrected chi connectivity index (χ3v) is 6.11. The molecule has 3 aromatic rings. The van der Waals surface area contributed by atoms with Gasteiger partial charge in [0.25, 0.3) is 5.91 Å². The van der Waals surface area contributed by atoms with E-state index in [1.807, 2.05) is 29.6 Å². The van der Waals surface area contributed by atoms with E-state index < -0.39 is 0 Å². The smallest absolute Gasteiger partial charge is 0.266 e. The summed E-state index contributed by atoms with van der Waals surface area (Å²) in [6.45, 7) is 1.09. The van der Waals surface area contributed by atoms with Gasteiger partial charge in [0.2, 0.25) is 0 Å². The Morgan fingerprint density at radius 3 is 2.61 bits per heavy atom. The van der Waals surface area contributed by atoms with E-state index in [9.17, 15) is 4.79 Å². The summed E-state index contributed by atoms with van der Waals surface area (Å²) in [5.41, 5.74) is 1.77. The van der Waals surface area contributed by atoms with Crippen LogP contribution >= 0.6 is 22.9 Å². The molecule has 2 aromatic carbocycles. The minimum atomic E-state index is -0.166. The van der Waals surface area contributed by atoms with Gasteiger partial charge in [-0.15, -0.1) is 11.3 Å². The zero-order valence-electron chi connectivity index (χ0n) is 17.1. The van der Waals surface area contributed by atoms with Gasteiger partial charge in [-0.1, -0.05) is 11.6 Å². The lowest BCUT2D eigenvalue weighted by Gasteiger charge is -2.23. The van der Waals surface area contributed by atoms with E-state index in [4.69, 9.17) is 30.8 Å². The minimum Gasteiger partial charge on any atom is -0.497 e. The first-order valence-electron chi connectivity index (χ1n) is 10.0. The molecule has 162 valence electrons. The first kappa shape index (κ1) is 21.6. The molecule has 0 spiro atoms. The molecule has 8 heteroatoms. The van der Waals surface area contributed by atoms with Crippen molar-refractivity contribution in [3.8, 4) is 22.8 Å². The Morgan fingerprint density at radius 2 is 1.94 bits per heavy atom. The second-order valence-corrected chi connectivity index (χ2v) is 8.40. The number of benzene rings is 2. The van der Waals surface area contributed by atoms with Crippen LogP contribution in [0.1, 0.15) is 12.8 Å². The van der Waals surface area contributed by atoms with Crippen LogP contribution in [-0.2, 0) is 9.53 Å². The fraction of sp³-hybridized carbons (Fsp3) is 0.304. The van der Waals surface area contributed by atoms with Crippen molar-refractivity contribution < 1.29 is 19.0 Å².